The van der Waals surface area contributed by atoms with Crippen molar-refractivity contribution in [1.29, 1.82) is 0 Å². The fourth-order valence-electron chi connectivity index (χ4n) is 3.06. The molecule has 2 heterocycles. The number of nitrogens with zero attached hydrogens (tertiary/aromatic N) is 2. The number of carbonyl (C=O) groups excluding carboxylic acids is 2. The Hall–Kier alpha value is -2.63. The molecule has 1 saturated heterocycles. The second-order valence-electron chi connectivity index (χ2n) is 6.44. The molecule has 1 aliphatic heterocycles. The van der Waals surface area contributed by atoms with Crippen molar-refractivity contribution in [3.8, 4) is 0 Å². The lowest BCUT2D eigenvalue weighted by Gasteiger charge is -2.31. The third kappa shape index (κ3) is 4.68. The van der Waals surface area contributed by atoms with Crippen LogP contribution in [0.15, 0.2) is 40.9 Å². The van der Waals surface area contributed by atoms with Crippen LogP contribution in [0.3, 0.4) is 0 Å². The van der Waals surface area contributed by atoms with Gasteiger partial charge in [0.25, 0.3) is 5.91 Å². The topological polar surface area (TPSA) is 75.4 Å². The summed E-state index contributed by atoms with van der Waals surface area (Å²) in [6.45, 7) is 3.00. The highest BCUT2D eigenvalue weighted by Gasteiger charge is 2.26. The molecule has 1 aromatic heterocycles. The van der Waals surface area contributed by atoms with Crippen LogP contribution >= 0.6 is 0 Å². The molecule has 0 bridgehead atoms. The van der Waals surface area contributed by atoms with Crippen LogP contribution < -0.4 is 5.32 Å². The maximum Gasteiger partial charge on any atom is 0.276 e. The highest BCUT2D eigenvalue weighted by Crippen LogP contribution is 2.14. The second-order valence-corrected chi connectivity index (χ2v) is 6.44. The molecular formula is C19H23N3O3. The Labute approximate surface area is 147 Å². The second kappa shape index (κ2) is 7.96. The SMILES string of the molecule is Cc1cc(C(=O)N2CCC(NC(=O)CCc3ccccc3)CC2)no1. The Balaban J connectivity index is 1.41. The summed E-state index contributed by atoms with van der Waals surface area (Å²) >= 11 is 0. The quantitative estimate of drug-likeness (QED) is 0.906. The molecule has 1 aliphatic rings. The Bertz CT molecular complexity index is 719. The summed E-state index contributed by atoms with van der Waals surface area (Å²) in [6.07, 6.45) is 2.76. The molecule has 0 atom stereocenters. The first-order chi connectivity index (χ1) is 12.1. The first kappa shape index (κ1) is 17.2. The molecule has 25 heavy (non-hydrogen) atoms. The van der Waals surface area contributed by atoms with E-state index in [0.29, 0.717) is 31.0 Å². The molecule has 132 valence electrons. The first-order valence-corrected chi connectivity index (χ1v) is 8.67. The first-order valence-electron chi connectivity index (χ1n) is 8.67. The van der Waals surface area contributed by atoms with Gasteiger partial charge in [0.15, 0.2) is 5.69 Å². The van der Waals surface area contributed by atoms with E-state index >= 15 is 0 Å². The van der Waals surface area contributed by atoms with E-state index in [0.717, 1.165) is 19.3 Å². The summed E-state index contributed by atoms with van der Waals surface area (Å²) in [5, 5.41) is 6.86. The third-order valence-electron chi connectivity index (χ3n) is 4.48. The summed E-state index contributed by atoms with van der Waals surface area (Å²) < 4.78 is 4.96. The van der Waals surface area contributed by atoms with E-state index in [9.17, 15) is 9.59 Å². The number of amides is 2. The standard InChI is InChI=1S/C19H23N3O3/c1-14-13-17(21-25-14)19(24)22-11-9-16(10-12-22)20-18(23)8-7-15-5-3-2-4-6-15/h2-6,13,16H,7-12H2,1H3,(H,20,23). The van der Waals surface area contributed by atoms with Crippen molar-refractivity contribution < 1.29 is 14.1 Å². The van der Waals surface area contributed by atoms with Crippen LogP contribution in [-0.2, 0) is 11.2 Å². The van der Waals surface area contributed by atoms with Gasteiger partial charge in [0.1, 0.15) is 5.76 Å². The Morgan fingerprint density at radius 1 is 1.24 bits per heavy atom. The zero-order valence-electron chi connectivity index (χ0n) is 14.4. The Morgan fingerprint density at radius 3 is 2.60 bits per heavy atom. The molecule has 2 amide bonds. The smallest absolute Gasteiger partial charge is 0.276 e. The molecule has 1 fully saturated rings. The number of likely N-dealkylation sites (tertiary alicyclic amines) is 1. The van der Waals surface area contributed by atoms with Gasteiger partial charge >= 0.3 is 0 Å². The van der Waals surface area contributed by atoms with Crippen molar-refractivity contribution in [2.24, 2.45) is 0 Å². The van der Waals surface area contributed by atoms with E-state index in [4.69, 9.17) is 4.52 Å². The van der Waals surface area contributed by atoms with E-state index in [-0.39, 0.29) is 17.9 Å². The predicted octanol–water partition coefficient (Wildman–Crippen LogP) is 2.34. The normalized spacial score (nSPS) is 15.2. The molecule has 0 radical (unpaired) electrons. The average Bonchev–Trinajstić information content (AvgIpc) is 3.07. The summed E-state index contributed by atoms with van der Waals surface area (Å²) in [5.41, 5.74) is 1.52. The van der Waals surface area contributed by atoms with Gasteiger partial charge in [-0.2, -0.15) is 0 Å². The van der Waals surface area contributed by atoms with Crippen molar-refractivity contribution in [1.82, 2.24) is 15.4 Å². The summed E-state index contributed by atoms with van der Waals surface area (Å²) in [5.74, 6) is 0.593. The van der Waals surface area contributed by atoms with Crippen molar-refractivity contribution in [2.45, 2.75) is 38.6 Å². The Kier molecular flexibility index (Phi) is 5.48. The number of rotatable bonds is 5. The fourth-order valence-corrected chi connectivity index (χ4v) is 3.06. The zero-order valence-corrected chi connectivity index (χ0v) is 14.4. The zero-order chi connectivity index (χ0) is 17.6. The van der Waals surface area contributed by atoms with Gasteiger partial charge in [-0.15, -0.1) is 0 Å². The minimum atomic E-state index is -0.106. The van der Waals surface area contributed by atoms with Crippen LogP contribution in [0.1, 0.15) is 41.1 Å². The van der Waals surface area contributed by atoms with Crippen LogP contribution in [0.25, 0.3) is 0 Å². The molecule has 2 aromatic rings. The number of carbonyl (C=O) groups is 2. The average molecular weight is 341 g/mol. The minimum absolute atomic E-state index is 0.0701. The molecule has 0 spiro atoms. The maximum absolute atomic E-state index is 12.3. The van der Waals surface area contributed by atoms with E-state index in [1.165, 1.54) is 5.56 Å². The van der Waals surface area contributed by atoms with Gasteiger partial charge in [-0.05, 0) is 31.7 Å². The fraction of sp³-hybridized carbons (Fsp3) is 0.421. The van der Waals surface area contributed by atoms with Crippen molar-refractivity contribution in [3.63, 3.8) is 0 Å². The molecular weight excluding hydrogens is 318 g/mol. The molecule has 6 nitrogen and oxygen atoms in total. The maximum atomic E-state index is 12.3. The Morgan fingerprint density at radius 2 is 1.96 bits per heavy atom. The van der Waals surface area contributed by atoms with Crippen molar-refractivity contribution in [3.05, 3.63) is 53.4 Å². The van der Waals surface area contributed by atoms with Gasteiger partial charge in [0.05, 0.1) is 0 Å². The van der Waals surface area contributed by atoms with E-state index in [1.807, 2.05) is 30.3 Å². The van der Waals surface area contributed by atoms with Crippen LogP contribution in [0, 0.1) is 6.92 Å². The molecule has 1 aromatic carbocycles. The molecule has 6 heteroatoms. The monoisotopic (exact) mass is 341 g/mol. The largest absolute Gasteiger partial charge is 0.361 e. The van der Waals surface area contributed by atoms with Crippen LogP contribution in [0.4, 0.5) is 0 Å². The summed E-state index contributed by atoms with van der Waals surface area (Å²) in [6, 6.07) is 11.8. The van der Waals surface area contributed by atoms with Gasteiger partial charge in [0, 0.05) is 31.6 Å². The number of hydrogen-bond acceptors (Lipinski definition) is 4. The number of aromatic nitrogens is 1. The van der Waals surface area contributed by atoms with Gasteiger partial charge in [-0.25, -0.2) is 0 Å². The lowest BCUT2D eigenvalue weighted by Crippen LogP contribution is -2.46. The van der Waals surface area contributed by atoms with E-state index in [1.54, 1.807) is 17.9 Å². The third-order valence-corrected chi connectivity index (χ3v) is 4.48. The summed E-state index contributed by atoms with van der Waals surface area (Å²) in [4.78, 5) is 26.2. The highest BCUT2D eigenvalue weighted by atomic mass is 16.5. The molecule has 0 saturated carbocycles. The summed E-state index contributed by atoms with van der Waals surface area (Å²) in [7, 11) is 0. The number of benzene rings is 1. The minimum Gasteiger partial charge on any atom is -0.361 e. The van der Waals surface area contributed by atoms with Gasteiger partial charge < -0.3 is 14.7 Å². The predicted molar refractivity (Wildman–Crippen MR) is 93.1 cm³/mol. The number of aryl methyl sites for hydroxylation is 2. The van der Waals surface area contributed by atoms with Gasteiger partial charge in [-0.3, -0.25) is 9.59 Å². The van der Waals surface area contributed by atoms with Gasteiger partial charge in [0.2, 0.25) is 5.91 Å². The van der Waals surface area contributed by atoms with Crippen molar-refractivity contribution >= 4 is 11.8 Å². The van der Waals surface area contributed by atoms with Crippen LogP contribution in [0.2, 0.25) is 0 Å². The van der Waals surface area contributed by atoms with Gasteiger partial charge in [-0.1, -0.05) is 35.5 Å². The van der Waals surface area contributed by atoms with Crippen LogP contribution in [0.5, 0.6) is 0 Å². The highest BCUT2D eigenvalue weighted by molar-refractivity contribution is 5.92. The lowest BCUT2D eigenvalue weighted by atomic mass is 10.0. The molecule has 3 rings (SSSR count). The lowest BCUT2D eigenvalue weighted by molar-refractivity contribution is -0.122. The van der Waals surface area contributed by atoms with Crippen molar-refractivity contribution in [2.75, 3.05) is 13.1 Å². The number of hydrogen-bond donors (Lipinski definition) is 1. The molecule has 0 aliphatic carbocycles. The van der Waals surface area contributed by atoms with E-state index < -0.39 is 0 Å². The molecule has 1 N–H and O–H groups in total. The molecule has 0 unspecified atom stereocenters. The number of nitrogens with one attached hydrogen (secondary N) is 1. The number of piperidine rings is 1. The van der Waals surface area contributed by atoms with Crippen LogP contribution in [-0.4, -0.2) is 41.0 Å². The van der Waals surface area contributed by atoms with E-state index in [2.05, 4.69) is 10.5 Å².